The number of nitrogens with zero attached hydrogens (tertiary/aromatic N) is 3. The fraction of sp³-hybridized carbons (Fsp3) is 0.346. The van der Waals surface area contributed by atoms with E-state index in [1.54, 1.807) is 45.7 Å². The maximum atomic E-state index is 12.5. The van der Waals surface area contributed by atoms with E-state index in [2.05, 4.69) is 15.0 Å². The maximum Gasteiger partial charge on any atom is 0.244 e. The second kappa shape index (κ2) is 10.9. The minimum atomic E-state index is -0.219. The Morgan fingerprint density at radius 3 is 2.44 bits per heavy atom. The third-order valence-corrected chi connectivity index (χ3v) is 5.94. The summed E-state index contributed by atoms with van der Waals surface area (Å²) in [6, 6.07) is 11.8. The van der Waals surface area contributed by atoms with Gasteiger partial charge in [0.1, 0.15) is 0 Å². The van der Waals surface area contributed by atoms with Gasteiger partial charge in [0.2, 0.25) is 11.7 Å². The lowest BCUT2D eigenvalue weighted by molar-refractivity contribution is -0.116. The molecule has 0 spiro atoms. The fourth-order valence-corrected chi connectivity index (χ4v) is 4.27. The molecule has 3 aromatic rings. The Balaban J connectivity index is 1.46. The van der Waals surface area contributed by atoms with E-state index in [9.17, 15) is 4.79 Å². The summed E-state index contributed by atoms with van der Waals surface area (Å²) in [7, 11) is 4.67. The first-order valence-electron chi connectivity index (χ1n) is 11.4. The molecule has 1 aliphatic rings. The summed E-state index contributed by atoms with van der Waals surface area (Å²) in [5.41, 5.74) is 3.45. The van der Waals surface area contributed by atoms with Gasteiger partial charge in [0, 0.05) is 12.3 Å². The predicted molar refractivity (Wildman–Crippen MR) is 130 cm³/mol. The summed E-state index contributed by atoms with van der Waals surface area (Å²) in [5.74, 6) is 1.35. The number of carbonyl (C=O) groups is 1. The molecule has 1 N–H and O–H groups in total. The van der Waals surface area contributed by atoms with Crippen LogP contribution >= 0.6 is 0 Å². The minimum Gasteiger partial charge on any atom is -0.493 e. The molecule has 178 valence electrons. The van der Waals surface area contributed by atoms with Crippen LogP contribution in [-0.2, 0) is 11.3 Å². The van der Waals surface area contributed by atoms with Crippen molar-refractivity contribution in [1.82, 2.24) is 20.1 Å². The number of hydrogen-bond donors (Lipinski definition) is 1. The van der Waals surface area contributed by atoms with Crippen LogP contribution in [0, 0.1) is 0 Å². The lowest BCUT2D eigenvalue weighted by Gasteiger charge is -2.13. The zero-order valence-electron chi connectivity index (χ0n) is 19.8. The number of benzene rings is 1. The maximum absolute atomic E-state index is 12.5. The van der Waals surface area contributed by atoms with Gasteiger partial charge in [-0.05, 0) is 54.8 Å². The fourth-order valence-electron chi connectivity index (χ4n) is 4.27. The zero-order valence-corrected chi connectivity index (χ0v) is 19.8. The van der Waals surface area contributed by atoms with Crippen molar-refractivity contribution in [3.8, 4) is 28.6 Å². The molecule has 0 bridgehead atoms. The molecular weight excluding hydrogens is 432 g/mol. The summed E-state index contributed by atoms with van der Waals surface area (Å²) in [6.07, 6.45) is 9.63. The number of ether oxygens (including phenoxy) is 3. The molecule has 0 aliphatic heterocycles. The third kappa shape index (κ3) is 5.22. The second-order valence-electron chi connectivity index (χ2n) is 8.13. The standard InChI is InChI=1S/C26H30N4O4/c1-32-23-14-18(15-24(33-2)26(23)34-3)11-12-25(31)28-17-19-16-22(21-10-6-7-13-27-21)30(29-19)20-8-4-5-9-20/h6-7,10-16,20H,4-5,8-9,17H2,1-3H3,(H,28,31)/b12-11+. The van der Waals surface area contributed by atoms with Gasteiger partial charge < -0.3 is 19.5 Å². The molecule has 1 aromatic carbocycles. The lowest BCUT2D eigenvalue weighted by Crippen LogP contribution is -2.20. The summed E-state index contributed by atoms with van der Waals surface area (Å²) < 4.78 is 18.2. The molecule has 34 heavy (non-hydrogen) atoms. The summed E-state index contributed by atoms with van der Waals surface area (Å²) in [5, 5.41) is 7.74. The van der Waals surface area contributed by atoms with Crippen molar-refractivity contribution in [3.63, 3.8) is 0 Å². The number of methoxy groups -OCH3 is 3. The van der Waals surface area contributed by atoms with Gasteiger partial charge in [-0.15, -0.1) is 0 Å². The van der Waals surface area contributed by atoms with Crippen LogP contribution in [0.15, 0.2) is 48.7 Å². The molecule has 2 heterocycles. The lowest BCUT2D eigenvalue weighted by atomic mass is 10.1. The monoisotopic (exact) mass is 462 g/mol. The molecular formula is C26H30N4O4. The number of aromatic nitrogens is 3. The third-order valence-electron chi connectivity index (χ3n) is 5.94. The van der Waals surface area contributed by atoms with E-state index in [1.165, 1.54) is 18.9 Å². The van der Waals surface area contributed by atoms with Gasteiger partial charge >= 0.3 is 0 Å². The molecule has 1 aliphatic carbocycles. The van der Waals surface area contributed by atoms with Crippen LogP contribution in [-0.4, -0.2) is 42.0 Å². The highest BCUT2D eigenvalue weighted by molar-refractivity contribution is 5.91. The Bertz CT molecular complexity index is 1130. The second-order valence-corrected chi connectivity index (χ2v) is 8.13. The number of rotatable bonds is 9. The first-order chi connectivity index (χ1) is 16.6. The number of pyridine rings is 1. The molecule has 0 saturated heterocycles. The normalized spacial score (nSPS) is 13.9. The van der Waals surface area contributed by atoms with Crippen molar-refractivity contribution >= 4 is 12.0 Å². The van der Waals surface area contributed by atoms with Gasteiger partial charge in [0.25, 0.3) is 0 Å². The van der Waals surface area contributed by atoms with Crippen LogP contribution in [0.1, 0.15) is 43.0 Å². The molecule has 8 nitrogen and oxygen atoms in total. The summed E-state index contributed by atoms with van der Waals surface area (Å²) in [4.78, 5) is 17.0. The number of nitrogens with one attached hydrogen (secondary N) is 1. The average Bonchev–Trinajstić information content (AvgIpc) is 3.56. The molecule has 8 heteroatoms. The van der Waals surface area contributed by atoms with E-state index < -0.39 is 0 Å². The van der Waals surface area contributed by atoms with Crippen molar-refractivity contribution in [2.45, 2.75) is 38.3 Å². The summed E-state index contributed by atoms with van der Waals surface area (Å²) >= 11 is 0. The van der Waals surface area contributed by atoms with Crippen molar-refractivity contribution in [1.29, 1.82) is 0 Å². The van der Waals surface area contributed by atoms with Crippen LogP contribution in [0.2, 0.25) is 0 Å². The van der Waals surface area contributed by atoms with Gasteiger partial charge in [-0.25, -0.2) is 0 Å². The van der Waals surface area contributed by atoms with E-state index in [0.29, 0.717) is 29.8 Å². The Hall–Kier alpha value is -3.81. The molecule has 0 radical (unpaired) electrons. The van der Waals surface area contributed by atoms with Gasteiger partial charge in [0.15, 0.2) is 11.5 Å². The molecule has 4 rings (SSSR count). The van der Waals surface area contributed by atoms with Crippen LogP contribution in [0.25, 0.3) is 17.5 Å². The molecule has 2 aromatic heterocycles. The van der Waals surface area contributed by atoms with Crippen molar-refractivity contribution in [2.75, 3.05) is 21.3 Å². The Kier molecular flexibility index (Phi) is 7.47. The topological polar surface area (TPSA) is 87.5 Å². The van der Waals surface area contributed by atoms with Gasteiger partial charge in [-0.2, -0.15) is 5.10 Å². The minimum absolute atomic E-state index is 0.219. The van der Waals surface area contributed by atoms with Crippen LogP contribution < -0.4 is 19.5 Å². The van der Waals surface area contributed by atoms with Gasteiger partial charge in [0.05, 0.1) is 51.0 Å². The highest BCUT2D eigenvalue weighted by Gasteiger charge is 2.22. The van der Waals surface area contributed by atoms with E-state index in [4.69, 9.17) is 19.3 Å². The largest absolute Gasteiger partial charge is 0.493 e. The number of carbonyl (C=O) groups excluding carboxylic acids is 1. The van der Waals surface area contributed by atoms with Crippen LogP contribution in [0.3, 0.4) is 0 Å². The smallest absolute Gasteiger partial charge is 0.244 e. The molecule has 1 fully saturated rings. The van der Waals surface area contributed by atoms with E-state index >= 15 is 0 Å². The SMILES string of the molecule is COc1cc(/C=C/C(=O)NCc2cc(-c3ccccn3)n(C3CCCC3)n2)cc(OC)c1OC. The highest BCUT2D eigenvalue weighted by Crippen LogP contribution is 2.38. The predicted octanol–water partition coefficient (Wildman–Crippen LogP) is 4.42. The van der Waals surface area contributed by atoms with E-state index in [-0.39, 0.29) is 5.91 Å². The van der Waals surface area contributed by atoms with Crippen molar-refractivity contribution < 1.29 is 19.0 Å². The molecule has 0 unspecified atom stereocenters. The zero-order chi connectivity index (χ0) is 23.9. The summed E-state index contributed by atoms with van der Waals surface area (Å²) in [6.45, 7) is 0.331. The average molecular weight is 463 g/mol. The van der Waals surface area contributed by atoms with E-state index in [1.807, 2.05) is 24.3 Å². The number of amides is 1. The van der Waals surface area contributed by atoms with Gasteiger partial charge in [-0.1, -0.05) is 18.9 Å². The van der Waals surface area contributed by atoms with Crippen LogP contribution in [0.4, 0.5) is 0 Å². The first kappa shape index (κ1) is 23.4. The van der Waals surface area contributed by atoms with Crippen LogP contribution in [0.5, 0.6) is 17.2 Å². The van der Waals surface area contributed by atoms with Crippen molar-refractivity contribution in [2.24, 2.45) is 0 Å². The number of hydrogen-bond acceptors (Lipinski definition) is 6. The quantitative estimate of drug-likeness (QED) is 0.474. The van der Waals surface area contributed by atoms with E-state index in [0.717, 1.165) is 35.5 Å². The van der Waals surface area contributed by atoms with Crippen molar-refractivity contribution in [3.05, 3.63) is 59.9 Å². The first-order valence-corrected chi connectivity index (χ1v) is 11.4. The Morgan fingerprint density at radius 2 is 1.82 bits per heavy atom. The Morgan fingerprint density at radius 1 is 1.09 bits per heavy atom. The van der Waals surface area contributed by atoms with Gasteiger partial charge in [-0.3, -0.25) is 14.5 Å². The molecule has 1 amide bonds. The molecule has 0 atom stereocenters. The Labute approximate surface area is 199 Å². The molecule has 1 saturated carbocycles. The highest BCUT2D eigenvalue weighted by atomic mass is 16.5.